The standard InChI is InChI=1S/2C20H25N3O4.C16H22BrN3O3.2C11H14BrN3O.C11H11BrN2O3.C10H11BrN2O2.C4H5BO3/c2*1-20(2,3)27-19(25)23(4)11-16-15(14-9-10-26-12-14)7-8-17(21-16)22-18(24)13-5-6-13;1-16(2,3)23-15(22)20(4)9-12-11(17)7-8-13(18-12)19-14(21)10-5-6-10;2*1-13-6-9-8(12)4-5-10(14-9)15-11(16)7-2-3-7;1-17-11(16)9-7(12)4-5-8(13-9)14-10(15)6-2-3-6;11-7-3-4-9(12-8(7)5-14)13-10(15)6-1-2-6;6-5(7)4-1-2-8-3-4/h2*7-10,12-13H,5-6,11H2,1-4H3,(H,21,22,24);7-8,10H,5-6,9H2,1-4H3,(H,18,19,21);2*4-5,7,13H,2-3,6H2,1H3,(H,14,15,16);4-6H,2-3H2,1H3,(H,13,14,15);3-4,6,14H,1-2,5H2,(H,12,13,15);1-3,6-7H. The van der Waals surface area contributed by atoms with Gasteiger partial charge in [0.2, 0.25) is 41.4 Å². The summed E-state index contributed by atoms with van der Waals surface area (Å²) >= 11 is 16.7. The van der Waals surface area contributed by atoms with E-state index in [9.17, 15) is 52.7 Å². The number of aromatic nitrogens is 7. The van der Waals surface area contributed by atoms with E-state index >= 15 is 0 Å². The van der Waals surface area contributed by atoms with Gasteiger partial charge in [0, 0.05) is 121 Å². The van der Waals surface area contributed by atoms with Gasteiger partial charge in [0.15, 0.2) is 5.69 Å². The van der Waals surface area contributed by atoms with Crippen LogP contribution in [0.5, 0.6) is 0 Å². The number of furan rings is 3. The average Bonchev–Trinajstić information content (AvgIpc) is 0.994. The molecule has 0 atom stereocenters. The number of pyridine rings is 7. The van der Waals surface area contributed by atoms with Crippen LogP contribution in [0.3, 0.4) is 0 Å². The fourth-order valence-corrected chi connectivity index (χ4v) is 14.6. The molecule has 7 aliphatic rings. The summed E-state index contributed by atoms with van der Waals surface area (Å²) in [5.74, 6) is 4.15. The largest absolute Gasteiger partial charge is 0.491 e. The minimum Gasteiger partial charge on any atom is -0.473 e. The number of aliphatic hydroxyl groups excluding tert-OH is 1. The number of ether oxygens (including phenoxy) is 4. The van der Waals surface area contributed by atoms with E-state index in [0.29, 0.717) is 86.5 Å². The molecule has 10 aromatic rings. The van der Waals surface area contributed by atoms with Crippen LogP contribution in [0, 0.1) is 41.4 Å². The molecule has 0 aliphatic heterocycles. The smallest absolute Gasteiger partial charge is 0.473 e. The molecule has 149 heavy (non-hydrogen) atoms. The van der Waals surface area contributed by atoms with Gasteiger partial charge in [0.1, 0.15) is 57.5 Å². The van der Waals surface area contributed by atoms with E-state index in [4.69, 9.17) is 38.2 Å². The molecule has 798 valence electrons. The van der Waals surface area contributed by atoms with Gasteiger partial charge in [0.25, 0.3) is 0 Å². The summed E-state index contributed by atoms with van der Waals surface area (Å²) in [6.45, 7) is 18.4. The third-order valence-electron chi connectivity index (χ3n) is 21.9. The highest BCUT2D eigenvalue weighted by Crippen LogP contribution is 2.38. The van der Waals surface area contributed by atoms with Crippen LogP contribution >= 0.6 is 79.6 Å². The summed E-state index contributed by atoms with van der Waals surface area (Å²) in [5.41, 5.74) is 6.51. The van der Waals surface area contributed by atoms with E-state index in [1.54, 1.807) is 88.7 Å². The monoisotopic (exact) mass is 2370 g/mol. The van der Waals surface area contributed by atoms with E-state index in [1.165, 1.54) is 40.4 Å². The molecule has 0 aromatic carbocycles. The Morgan fingerprint density at radius 2 is 0.597 bits per heavy atom. The third kappa shape index (κ3) is 41.5. The van der Waals surface area contributed by atoms with Crippen molar-refractivity contribution in [1.29, 1.82) is 0 Å². The van der Waals surface area contributed by atoms with Gasteiger partial charge >= 0.3 is 31.4 Å². The first-order valence-electron chi connectivity index (χ1n) is 48.3. The van der Waals surface area contributed by atoms with Crippen LogP contribution in [-0.2, 0) is 91.8 Å². The molecule has 17 rings (SSSR count). The van der Waals surface area contributed by atoms with Crippen molar-refractivity contribution in [2.24, 2.45) is 41.4 Å². The quantitative estimate of drug-likeness (QED) is 0.0118. The Bertz CT molecular complexity index is 6030. The van der Waals surface area contributed by atoms with Gasteiger partial charge in [-0.3, -0.25) is 33.6 Å². The molecule has 0 saturated heterocycles. The zero-order valence-corrected chi connectivity index (χ0v) is 93.5. The molecular weight excluding hydrogens is 2250 g/mol. The van der Waals surface area contributed by atoms with Crippen LogP contribution in [0.15, 0.2) is 176 Å². The highest BCUT2D eigenvalue weighted by molar-refractivity contribution is 9.11. The third-order valence-corrected chi connectivity index (χ3v) is 25.4. The van der Waals surface area contributed by atoms with Gasteiger partial charge in [-0.1, -0.05) is 0 Å². The van der Waals surface area contributed by atoms with E-state index in [0.717, 1.165) is 141 Å². The lowest BCUT2D eigenvalue weighted by atomic mass is 9.83. The Morgan fingerprint density at radius 3 is 0.846 bits per heavy atom. The second-order valence-corrected chi connectivity index (χ2v) is 43.2. The highest BCUT2D eigenvalue weighted by atomic mass is 79.9. The number of anilines is 7. The van der Waals surface area contributed by atoms with Crippen LogP contribution in [0.1, 0.15) is 197 Å². The second-order valence-electron chi connectivity index (χ2n) is 38.9. The lowest BCUT2D eigenvalue weighted by Crippen LogP contribution is -2.34. The molecule has 10 aromatic heterocycles. The predicted molar refractivity (Wildman–Crippen MR) is 577 cm³/mol. The van der Waals surface area contributed by atoms with Gasteiger partial charge < -0.3 is 110 Å². The van der Waals surface area contributed by atoms with Crippen molar-refractivity contribution >= 4 is 199 Å². The van der Waals surface area contributed by atoms with Crippen LogP contribution in [-0.4, -0.2) is 197 Å². The average molecular weight is 2380 g/mol. The molecule has 0 unspecified atom stereocenters. The zero-order valence-electron chi connectivity index (χ0n) is 85.6. The second kappa shape index (κ2) is 56.0. The molecule has 7 fully saturated rings. The van der Waals surface area contributed by atoms with E-state index in [1.807, 2.05) is 131 Å². The highest BCUT2D eigenvalue weighted by Gasteiger charge is 2.37. The number of methoxy groups -OCH3 is 1. The SMILES string of the molecule is CN(Cc1nc(NC(=O)C2CC2)ccc1-c1ccoc1)C(=O)OC(C)(C)C.CN(Cc1nc(NC(=O)C2CC2)ccc1-c1ccoc1)C(=O)OC(C)(C)C.CN(Cc1nc(NC(=O)C2CC2)ccc1Br)C(=O)OC(C)(C)C.CNCc1nc(NC(=O)C2CC2)ccc1Br.CNCc1nc(NC(=O)C2CC2)ccc1Br.COC(=O)c1nc(NC(=O)C2CC2)ccc1Br.O=C(Nc1ccc(Br)c(CO)n1)C1CC1.OB(O)c1ccoc1. The Morgan fingerprint density at radius 1 is 0.349 bits per heavy atom. The fourth-order valence-electron chi connectivity index (χ4n) is 12.8. The first kappa shape index (κ1) is 119. The first-order valence-corrected chi connectivity index (χ1v) is 52.3. The fraction of sp³-hybridized carbons (Fsp3) is 0.437. The Balaban J connectivity index is 0.000000177. The van der Waals surface area contributed by atoms with Crippen LogP contribution in [0.25, 0.3) is 22.3 Å². The molecule has 10 amide bonds. The van der Waals surface area contributed by atoms with E-state index in [-0.39, 0.29) is 115 Å². The maximum atomic E-state index is 12.3. The summed E-state index contributed by atoms with van der Waals surface area (Å²) in [6, 6.07) is 30.2. The number of rotatable bonds is 29. The topological polar surface area (TPSA) is 533 Å². The maximum Gasteiger partial charge on any atom is 0.491 e. The number of esters is 1. The Hall–Kier alpha value is -12.3. The zero-order chi connectivity index (χ0) is 109. The predicted octanol–water partition coefficient (Wildman–Crippen LogP) is 18.1. The number of carbonyl (C=O) groups excluding carboxylic acids is 11. The van der Waals surface area contributed by atoms with Gasteiger partial charge in [-0.25, -0.2) is 54.1 Å². The van der Waals surface area contributed by atoms with E-state index < -0.39 is 48.2 Å². The van der Waals surface area contributed by atoms with Crippen molar-refractivity contribution in [3.05, 3.63) is 203 Å². The summed E-state index contributed by atoms with van der Waals surface area (Å²) in [7, 11) is 8.57. The minimum atomic E-state index is -1.41. The van der Waals surface area contributed by atoms with Crippen LogP contribution < -0.4 is 53.3 Å². The summed E-state index contributed by atoms with van der Waals surface area (Å²) in [6.07, 6.45) is 21.2. The van der Waals surface area contributed by atoms with Crippen LogP contribution in [0.4, 0.5) is 55.1 Å². The Labute approximate surface area is 906 Å². The number of halogens is 5. The normalized spacial score (nSPS) is 14.1. The number of amides is 10. The number of nitrogens with one attached hydrogen (secondary N) is 9. The van der Waals surface area contributed by atoms with Gasteiger partial charge in [-0.15, -0.1) is 0 Å². The van der Waals surface area contributed by atoms with Crippen LogP contribution in [0.2, 0.25) is 0 Å². The minimum absolute atomic E-state index is 0.00580. The molecule has 0 spiro atoms. The molecule has 12 N–H and O–H groups in total. The number of hydrogen-bond acceptors (Lipinski definition) is 30. The first-order chi connectivity index (χ1) is 70.6. The number of hydrogen-bond donors (Lipinski definition) is 12. The molecule has 7 aliphatic carbocycles. The number of aliphatic hydroxyl groups is 1. The summed E-state index contributed by atoms with van der Waals surface area (Å²) in [4.78, 5) is 165. The maximum absolute atomic E-state index is 12.3. The molecule has 10 heterocycles. The van der Waals surface area contributed by atoms with Gasteiger partial charge in [-0.2, -0.15) is 0 Å². The van der Waals surface area contributed by atoms with Gasteiger partial charge in [0.05, 0.1) is 110 Å². The molecular formula is C103H127BBr5N19O21. The molecule has 46 heteroatoms. The molecule has 7 saturated carbocycles. The Kier molecular flexibility index (Phi) is 44.6. The lowest BCUT2D eigenvalue weighted by molar-refractivity contribution is -0.118. The van der Waals surface area contributed by atoms with Crippen molar-refractivity contribution in [3.63, 3.8) is 0 Å². The molecule has 0 bridgehead atoms. The van der Waals surface area contributed by atoms with Crippen molar-refractivity contribution in [1.82, 2.24) is 60.2 Å². The van der Waals surface area contributed by atoms with Crippen molar-refractivity contribution < 1.29 is 100 Å². The number of carbonyl (C=O) groups is 11. The summed E-state index contributed by atoms with van der Waals surface area (Å²) < 4.78 is 39.6. The van der Waals surface area contributed by atoms with Crippen molar-refractivity contribution in [2.75, 3.05) is 79.6 Å². The van der Waals surface area contributed by atoms with Gasteiger partial charge in [-0.05, 0) is 349 Å². The number of nitrogens with zero attached hydrogens (tertiary/aromatic N) is 10. The molecule has 0 radical (unpaired) electrons. The van der Waals surface area contributed by atoms with E-state index in [2.05, 4.69) is 172 Å². The van der Waals surface area contributed by atoms with Crippen molar-refractivity contribution in [3.8, 4) is 22.3 Å². The van der Waals surface area contributed by atoms with Crippen molar-refractivity contribution in [2.45, 2.75) is 208 Å². The molecule has 40 nitrogen and oxygen atoms in total. The summed E-state index contributed by atoms with van der Waals surface area (Å²) in [5, 5.41) is 51.4. The lowest BCUT2D eigenvalue weighted by Gasteiger charge is -2.25.